The molecule has 5 rings (SSSR count). The molecule has 1 spiro atoms. The molecule has 0 aromatic carbocycles. The van der Waals surface area contributed by atoms with Gasteiger partial charge in [-0.2, -0.15) is 0 Å². The van der Waals surface area contributed by atoms with Gasteiger partial charge in [0, 0.05) is 60.8 Å². The van der Waals surface area contributed by atoms with Crippen LogP contribution in [-0.2, 0) is 23.1 Å². The minimum absolute atomic E-state index is 0.0687. The van der Waals surface area contributed by atoms with E-state index in [1.54, 1.807) is 18.6 Å². The molecule has 1 aliphatic carbocycles. The Morgan fingerprint density at radius 2 is 1.97 bits per heavy atom. The molecule has 7 heteroatoms. The number of nitrogens with zero attached hydrogens (tertiary/aromatic N) is 4. The number of hydrogen-bond acceptors (Lipinski definition) is 5. The second kappa shape index (κ2) is 8.06. The molecule has 158 valence electrons. The second-order valence-electron chi connectivity index (χ2n) is 8.54. The number of aromatic nitrogens is 4. The average molecular weight is 415 g/mol. The summed E-state index contributed by atoms with van der Waals surface area (Å²) in [6, 6.07) is 7.63. The Balaban J connectivity index is 1.39. The summed E-state index contributed by atoms with van der Waals surface area (Å²) in [5.41, 5.74) is 3.22. The van der Waals surface area contributed by atoms with Crippen LogP contribution in [0.15, 0.2) is 53.8 Å². The van der Waals surface area contributed by atoms with E-state index >= 15 is 0 Å². The zero-order chi connectivity index (χ0) is 21.3. The lowest BCUT2D eigenvalue weighted by atomic mass is 9.77. The maximum atomic E-state index is 13.0. The third-order valence-electron chi connectivity index (χ3n) is 6.59. The van der Waals surface area contributed by atoms with Crippen molar-refractivity contribution in [3.63, 3.8) is 0 Å². The molecule has 3 aromatic heterocycles. The van der Waals surface area contributed by atoms with E-state index in [1.807, 2.05) is 35.4 Å². The van der Waals surface area contributed by atoms with Crippen molar-refractivity contribution < 1.29 is 4.79 Å². The highest BCUT2D eigenvalue weighted by atomic mass is 16.2. The van der Waals surface area contributed by atoms with Crippen molar-refractivity contribution in [2.45, 2.75) is 43.9 Å². The number of carbonyl (C=O) groups is 1. The third-order valence-corrected chi connectivity index (χ3v) is 6.59. The Bertz CT molecular complexity index is 1150. The first kappa shape index (κ1) is 19.6. The van der Waals surface area contributed by atoms with Gasteiger partial charge in [0.2, 0.25) is 5.91 Å². The van der Waals surface area contributed by atoms with E-state index in [-0.39, 0.29) is 16.9 Å². The number of pyridine rings is 2. The molecule has 1 saturated heterocycles. The number of hydrogen-bond donors (Lipinski definition) is 1. The van der Waals surface area contributed by atoms with Gasteiger partial charge < -0.3 is 9.88 Å². The first-order valence-corrected chi connectivity index (χ1v) is 10.9. The number of carbonyl (C=O) groups excluding carboxylic acids is 1. The van der Waals surface area contributed by atoms with Crippen LogP contribution in [0.3, 0.4) is 0 Å². The van der Waals surface area contributed by atoms with Gasteiger partial charge in [-0.15, -0.1) is 0 Å². The predicted molar refractivity (Wildman–Crippen MR) is 116 cm³/mol. The van der Waals surface area contributed by atoms with Gasteiger partial charge >= 0.3 is 0 Å². The second-order valence-corrected chi connectivity index (χ2v) is 8.54. The van der Waals surface area contributed by atoms with E-state index in [0.717, 1.165) is 48.2 Å². The smallest absolute Gasteiger partial charge is 0.254 e. The predicted octanol–water partition coefficient (Wildman–Crippen LogP) is 2.67. The van der Waals surface area contributed by atoms with E-state index < -0.39 is 0 Å². The number of rotatable bonds is 4. The summed E-state index contributed by atoms with van der Waals surface area (Å²) in [6.07, 6.45) is 11.6. The molecule has 0 radical (unpaired) electrons. The van der Waals surface area contributed by atoms with Gasteiger partial charge in [-0.05, 0) is 55.9 Å². The first-order valence-electron chi connectivity index (χ1n) is 10.9. The highest BCUT2D eigenvalue weighted by molar-refractivity contribution is 5.76. The monoisotopic (exact) mass is 415 g/mol. The number of nitrogens with one attached hydrogen (secondary N) is 1. The number of piperidine rings is 1. The standard InChI is InChI=1S/C24H25N5O2/c30-20(7-6-17-4-1-11-25-14-17)29-13-3-9-24(16-29)10-8-19-21(24)27-22(28-23(19)31)18-5-2-12-26-15-18/h1-2,4-5,11-12,14-15H,3,6-10,13,16H2,(H,27,28,31). The molecule has 1 N–H and O–H groups in total. The lowest BCUT2D eigenvalue weighted by molar-refractivity contribution is -0.133. The van der Waals surface area contributed by atoms with Crippen molar-refractivity contribution in [3.05, 3.63) is 76.2 Å². The Morgan fingerprint density at radius 1 is 1.13 bits per heavy atom. The minimum atomic E-state index is -0.233. The van der Waals surface area contributed by atoms with Crippen molar-refractivity contribution in [2.75, 3.05) is 13.1 Å². The van der Waals surface area contributed by atoms with Crippen molar-refractivity contribution in [1.29, 1.82) is 0 Å². The summed E-state index contributed by atoms with van der Waals surface area (Å²) >= 11 is 0. The summed E-state index contributed by atoms with van der Waals surface area (Å²) in [5, 5.41) is 0. The molecule has 2 aliphatic rings. The SMILES string of the molecule is O=C(CCc1cccnc1)N1CCCC2(CCc3c2nc(-c2cccnc2)[nH]c3=O)C1. The molecule has 1 fully saturated rings. The molecule has 1 atom stereocenters. The molecule has 1 aliphatic heterocycles. The maximum Gasteiger partial charge on any atom is 0.254 e. The topological polar surface area (TPSA) is 91.8 Å². The van der Waals surface area contributed by atoms with Crippen molar-refractivity contribution in [2.24, 2.45) is 0 Å². The van der Waals surface area contributed by atoms with E-state index in [0.29, 0.717) is 31.6 Å². The fourth-order valence-corrected chi connectivity index (χ4v) is 4.99. The van der Waals surface area contributed by atoms with Crippen molar-refractivity contribution in [3.8, 4) is 11.4 Å². The summed E-state index contributed by atoms with van der Waals surface area (Å²) in [7, 11) is 0. The number of fused-ring (bicyclic) bond motifs is 2. The minimum Gasteiger partial charge on any atom is -0.342 e. The lowest BCUT2D eigenvalue weighted by Gasteiger charge is -2.40. The van der Waals surface area contributed by atoms with Gasteiger partial charge in [0.1, 0.15) is 5.82 Å². The number of aromatic amines is 1. The summed E-state index contributed by atoms with van der Waals surface area (Å²) < 4.78 is 0. The Morgan fingerprint density at radius 3 is 2.74 bits per heavy atom. The third kappa shape index (κ3) is 3.76. The van der Waals surface area contributed by atoms with E-state index in [2.05, 4.69) is 15.0 Å². The molecular weight excluding hydrogens is 390 g/mol. The van der Waals surface area contributed by atoms with Crippen LogP contribution in [0.5, 0.6) is 0 Å². The molecule has 3 aromatic rings. The molecule has 0 bridgehead atoms. The molecule has 31 heavy (non-hydrogen) atoms. The number of likely N-dealkylation sites (tertiary alicyclic amines) is 1. The van der Waals surface area contributed by atoms with Crippen LogP contribution in [0.4, 0.5) is 0 Å². The number of amides is 1. The van der Waals surface area contributed by atoms with Crippen LogP contribution in [0.2, 0.25) is 0 Å². The van der Waals surface area contributed by atoms with E-state index in [4.69, 9.17) is 4.98 Å². The van der Waals surface area contributed by atoms with Crippen LogP contribution in [0, 0.1) is 0 Å². The fraction of sp³-hybridized carbons (Fsp3) is 0.375. The van der Waals surface area contributed by atoms with Gasteiger partial charge in [0.15, 0.2) is 0 Å². The maximum absolute atomic E-state index is 13.0. The Hall–Kier alpha value is -3.35. The van der Waals surface area contributed by atoms with Crippen molar-refractivity contribution >= 4 is 5.91 Å². The molecule has 4 heterocycles. The fourth-order valence-electron chi connectivity index (χ4n) is 4.99. The van der Waals surface area contributed by atoms with E-state index in [1.165, 1.54) is 0 Å². The molecular formula is C24H25N5O2. The normalized spacial score (nSPS) is 20.1. The number of aryl methyl sites for hydroxylation is 1. The summed E-state index contributed by atoms with van der Waals surface area (Å²) in [4.78, 5) is 43.9. The zero-order valence-electron chi connectivity index (χ0n) is 17.4. The zero-order valence-corrected chi connectivity index (χ0v) is 17.4. The average Bonchev–Trinajstić information content (AvgIpc) is 3.16. The van der Waals surface area contributed by atoms with Gasteiger partial charge in [-0.25, -0.2) is 4.98 Å². The summed E-state index contributed by atoms with van der Waals surface area (Å²) in [6.45, 7) is 1.40. The van der Waals surface area contributed by atoms with Gasteiger partial charge in [0.05, 0.1) is 5.69 Å². The highest BCUT2D eigenvalue weighted by Crippen LogP contribution is 2.43. The molecule has 1 unspecified atom stereocenters. The Kier molecular flexibility index (Phi) is 5.10. The summed E-state index contributed by atoms with van der Waals surface area (Å²) in [5.74, 6) is 0.715. The molecule has 7 nitrogen and oxygen atoms in total. The van der Waals surface area contributed by atoms with Crippen LogP contribution in [0.1, 0.15) is 42.5 Å². The lowest BCUT2D eigenvalue weighted by Crippen LogP contribution is -2.48. The van der Waals surface area contributed by atoms with Crippen molar-refractivity contribution in [1.82, 2.24) is 24.8 Å². The van der Waals surface area contributed by atoms with Crippen LogP contribution in [-0.4, -0.2) is 43.8 Å². The van der Waals surface area contributed by atoms with Crippen LogP contribution in [0.25, 0.3) is 11.4 Å². The quantitative estimate of drug-likeness (QED) is 0.707. The van der Waals surface area contributed by atoms with Crippen LogP contribution < -0.4 is 5.56 Å². The van der Waals surface area contributed by atoms with Gasteiger partial charge in [0.25, 0.3) is 5.56 Å². The first-order chi connectivity index (χ1) is 15.1. The highest BCUT2D eigenvalue weighted by Gasteiger charge is 2.45. The van der Waals surface area contributed by atoms with Gasteiger partial charge in [-0.3, -0.25) is 19.6 Å². The molecule has 1 amide bonds. The van der Waals surface area contributed by atoms with Crippen LogP contribution >= 0.6 is 0 Å². The van der Waals surface area contributed by atoms with E-state index in [9.17, 15) is 9.59 Å². The number of H-pyrrole nitrogens is 1. The van der Waals surface area contributed by atoms with Gasteiger partial charge in [-0.1, -0.05) is 6.07 Å². The Labute approximate surface area is 180 Å². The molecule has 0 saturated carbocycles. The largest absolute Gasteiger partial charge is 0.342 e.